The number of halogens is 2. The number of hydrogen-bond donors (Lipinski definition) is 2. The number of aromatic nitrogens is 2. The number of anilines is 1. The summed E-state index contributed by atoms with van der Waals surface area (Å²) in [6.07, 6.45) is 4.11. The van der Waals surface area contributed by atoms with Gasteiger partial charge in [-0.05, 0) is 42.3 Å². The molecule has 6 nitrogen and oxygen atoms in total. The fourth-order valence-corrected chi connectivity index (χ4v) is 3.19. The molecule has 3 rings (SSSR count). The zero-order chi connectivity index (χ0) is 19.2. The molecule has 2 N–H and O–H groups in total. The zero-order valence-corrected chi connectivity index (χ0v) is 16.2. The van der Waals surface area contributed by atoms with Crippen LogP contribution < -0.4 is 10.6 Å². The summed E-state index contributed by atoms with van der Waals surface area (Å²) in [7, 11) is 0. The Bertz CT molecular complexity index is 963. The van der Waals surface area contributed by atoms with Crippen LogP contribution in [-0.4, -0.2) is 28.3 Å². The molecule has 0 spiro atoms. The molecule has 0 aliphatic heterocycles. The lowest BCUT2D eigenvalue weighted by Gasteiger charge is -2.04. The molecule has 0 bridgehead atoms. The van der Waals surface area contributed by atoms with Gasteiger partial charge >= 0.3 is 0 Å². The van der Waals surface area contributed by atoms with E-state index in [2.05, 4.69) is 20.6 Å². The number of hydrogen-bond acceptors (Lipinski definition) is 5. The summed E-state index contributed by atoms with van der Waals surface area (Å²) in [5.74, 6) is -0.678. The maximum Gasteiger partial charge on any atom is 0.270 e. The summed E-state index contributed by atoms with van der Waals surface area (Å²) in [6.45, 7) is 0.478. The fraction of sp³-hybridized carbons (Fsp3) is 0.111. The van der Waals surface area contributed by atoms with Crippen LogP contribution >= 0.6 is 34.5 Å². The Balaban J connectivity index is 1.54. The number of rotatable bonds is 6. The van der Waals surface area contributed by atoms with Crippen LogP contribution in [0.25, 0.3) is 0 Å². The minimum atomic E-state index is -0.382. The molecule has 0 atom stereocenters. The summed E-state index contributed by atoms with van der Waals surface area (Å²) in [4.78, 5) is 32.5. The third-order valence-electron chi connectivity index (χ3n) is 3.59. The number of benzene rings is 1. The van der Waals surface area contributed by atoms with Crippen molar-refractivity contribution in [2.75, 3.05) is 11.9 Å². The highest BCUT2D eigenvalue weighted by atomic mass is 35.5. The van der Waals surface area contributed by atoms with E-state index in [-0.39, 0.29) is 22.5 Å². The zero-order valence-electron chi connectivity index (χ0n) is 13.9. The van der Waals surface area contributed by atoms with Crippen molar-refractivity contribution >= 4 is 51.5 Å². The number of carbonyl (C=O) groups excluding carboxylic acids is 2. The molecule has 2 amide bonds. The average molecular weight is 421 g/mol. The average Bonchev–Trinajstić information content (AvgIpc) is 3.13. The number of carbonyl (C=O) groups is 2. The summed E-state index contributed by atoms with van der Waals surface area (Å²) in [5, 5.41) is 8.01. The van der Waals surface area contributed by atoms with Gasteiger partial charge in [0.2, 0.25) is 0 Å². The Morgan fingerprint density at radius 2 is 1.81 bits per heavy atom. The van der Waals surface area contributed by atoms with E-state index in [1.54, 1.807) is 29.9 Å². The van der Waals surface area contributed by atoms with Gasteiger partial charge in [0.1, 0.15) is 5.69 Å². The van der Waals surface area contributed by atoms with Crippen LogP contribution in [0.4, 0.5) is 5.13 Å². The van der Waals surface area contributed by atoms with Crippen LogP contribution in [0.1, 0.15) is 26.4 Å². The SMILES string of the molecule is O=C(Nc1nc(C(=O)NCCc2ccncc2)cs1)c1ccc(Cl)c(Cl)c1. The second-order valence-electron chi connectivity index (χ2n) is 5.48. The molecular formula is C18H14Cl2N4O2S. The lowest BCUT2D eigenvalue weighted by Crippen LogP contribution is -2.26. The molecule has 3 aromatic rings. The van der Waals surface area contributed by atoms with Crippen LogP contribution in [-0.2, 0) is 6.42 Å². The molecule has 0 saturated heterocycles. The summed E-state index contributed by atoms with van der Waals surface area (Å²) in [5.41, 5.74) is 1.68. The Morgan fingerprint density at radius 1 is 1.04 bits per heavy atom. The molecule has 9 heteroatoms. The fourth-order valence-electron chi connectivity index (χ4n) is 2.20. The van der Waals surface area contributed by atoms with Gasteiger partial charge in [-0.2, -0.15) is 0 Å². The number of thiazole rings is 1. The van der Waals surface area contributed by atoms with Crippen molar-refractivity contribution in [1.29, 1.82) is 0 Å². The molecule has 138 valence electrons. The first-order chi connectivity index (χ1) is 13.0. The lowest BCUT2D eigenvalue weighted by molar-refractivity contribution is 0.0948. The largest absolute Gasteiger partial charge is 0.350 e. The van der Waals surface area contributed by atoms with Gasteiger partial charge in [-0.15, -0.1) is 11.3 Å². The molecule has 0 aliphatic carbocycles. The van der Waals surface area contributed by atoms with Gasteiger partial charge in [-0.1, -0.05) is 23.2 Å². The van der Waals surface area contributed by atoms with Gasteiger partial charge in [0.05, 0.1) is 10.0 Å². The highest BCUT2D eigenvalue weighted by Gasteiger charge is 2.14. The van der Waals surface area contributed by atoms with Gasteiger partial charge in [0, 0.05) is 29.9 Å². The minimum Gasteiger partial charge on any atom is -0.350 e. The van der Waals surface area contributed by atoms with Crippen molar-refractivity contribution in [2.45, 2.75) is 6.42 Å². The first-order valence-corrected chi connectivity index (χ1v) is 9.55. The van der Waals surface area contributed by atoms with Gasteiger partial charge in [-0.25, -0.2) is 4.98 Å². The molecule has 0 saturated carbocycles. The predicted molar refractivity (Wildman–Crippen MR) is 107 cm³/mol. The molecule has 0 fully saturated rings. The lowest BCUT2D eigenvalue weighted by atomic mass is 10.2. The highest BCUT2D eigenvalue weighted by molar-refractivity contribution is 7.14. The van der Waals surface area contributed by atoms with Crippen molar-refractivity contribution in [3.8, 4) is 0 Å². The van der Waals surface area contributed by atoms with Gasteiger partial charge in [-0.3, -0.25) is 19.9 Å². The van der Waals surface area contributed by atoms with E-state index in [1.807, 2.05) is 12.1 Å². The molecule has 2 heterocycles. The summed E-state index contributed by atoms with van der Waals surface area (Å²) < 4.78 is 0. The minimum absolute atomic E-state index is 0.249. The quantitative estimate of drug-likeness (QED) is 0.629. The van der Waals surface area contributed by atoms with Crippen molar-refractivity contribution < 1.29 is 9.59 Å². The predicted octanol–water partition coefficient (Wildman–Crippen LogP) is 4.07. The van der Waals surface area contributed by atoms with E-state index in [1.165, 1.54) is 17.4 Å². The van der Waals surface area contributed by atoms with E-state index in [9.17, 15) is 9.59 Å². The first-order valence-electron chi connectivity index (χ1n) is 7.92. The van der Waals surface area contributed by atoms with Crippen LogP contribution in [0.15, 0.2) is 48.1 Å². The maximum absolute atomic E-state index is 12.2. The van der Waals surface area contributed by atoms with Crippen molar-refractivity contribution in [2.24, 2.45) is 0 Å². The van der Waals surface area contributed by atoms with Crippen LogP contribution in [0.2, 0.25) is 10.0 Å². The van der Waals surface area contributed by atoms with E-state index < -0.39 is 0 Å². The summed E-state index contributed by atoms with van der Waals surface area (Å²) in [6, 6.07) is 8.36. The highest BCUT2D eigenvalue weighted by Crippen LogP contribution is 2.23. The van der Waals surface area contributed by atoms with Crippen molar-refractivity contribution in [1.82, 2.24) is 15.3 Å². The van der Waals surface area contributed by atoms with Gasteiger partial charge in [0.15, 0.2) is 5.13 Å². The van der Waals surface area contributed by atoms with E-state index >= 15 is 0 Å². The third-order valence-corrected chi connectivity index (χ3v) is 5.08. The summed E-state index contributed by atoms with van der Waals surface area (Å²) >= 11 is 12.9. The Labute approximate surface area is 169 Å². The van der Waals surface area contributed by atoms with E-state index in [0.717, 1.165) is 5.56 Å². The smallest absolute Gasteiger partial charge is 0.270 e. The van der Waals surface area contributed by atoms with Crippen LogP contribution in [0, 0.1) is 0 Å². The molecule has 0 radical (unpaired) electrons. The normalized spacial score (nSPS) is 10.4. The third kappa shape index (κ3) is 5.26. The monoisotopic (exact) mass is 420 g/mol. The molecule has 1 aromatic carbocycles. The Kier molecular flexibility index (Phi) is 6.39. The molecule has 27 heavy (non-hydrogen) atoms. The topological polar surface area (TPSA) is 84.0 Å². The van der Waals surface area contributed by atoms with Gasteiger partial charge < -0.3 is 5.32 Å². The van der Waals surface area contributed by atoms with E-state index in [4.69, 9.17) is 23.2 Å². The van der Waals surface area contributed by atoms with Crippen LogP contribution in [0.5, 0.6) is 0 Å². The number of nitrogens with one attached hydrogen (secondary N) is 2. The Morgan fingerprint density at radius 3 is 2.56 bits per heavy atom. The standard InChI is InChI=1S/C18H14Cl2N4O2S/c19-13-2-1-12(9-14(13)20)16(25)24-18-23-15(10-27-18)17(26)22-8-5-11-3-6-21-7-4-11/h1-4,6-7,9-10H,5,8H2,(H,22,26)(H,23,24,25). The molecular weight excluding hydrogens is 407 g/mol. The molecule has 0 unspecified atom stereocenters. The first kappa shape index (κ1) is 19.3. The maximum atomic E-state index is 12.2. The second-order valence-corrected chi connectivity index (χ2v) is 7.15. The van der Waals surface area contributed by atoms with Crippen LogP contribution in [0.3, 0.4) is 0 Å². The second kappa shape index (κ2) is 8.94. The number of amides is 2. The van der Waals surface area contributed by atoms with Crippen molar-refractivity contribution in [3.05, 3.63) is 75.0 Å². The number of nitrogens with zero attached hydrogens (tertiary/aromatic N) is 2. The molecule has 2 aromatic heterocycles. The van der Waals surface area contributed by atoms with Gasteiger partial charge in [0.25, 0.3) is 11.8 Å². The Hall–Kier alpha value is -2.48. The number of pyridine rings is 1. The van der Waals surface area contributed by atoms with E-state index in [0.29, 0.717) is 28.7 Å². The molecule has 0 aliphatic rings. The van der Waals surface area contributed by atoms with Crippen molar-refractivity contribution in [3.63, 3.8) is 0 Å².